The molecule has 1 aromatic carbocycles. The summed E-state index contributed by atoms with van der Waals surface area (Å²) in [4.78, 5) is 4.24. The molecule has 1 rings (SSSR count). The molecular formula is C18H32IN3O2. The number of aliphatic imine (C=N–C) groups is 1. The van der Waals surface area contributed by atoms with Crippen LogP contribution >= 0.6 is 24.0 Å². The minimum absolute atomic E-state index is 0. The van der Waals surface area contributed by atoms with Crippen molar-refractivity contribution < 1.29 is 9.47 Å². The van der Waals surface area contributed by atoms with Gasteiger partial charge < -0.3 is 20.1 Å². The van der Waals surface area contributed by atoms with Gasteiger partial charge in [0.1, 0.15) is 0 Å². The van der Waals surface area contributed by atoms with E-state index in [1.54, 1.807) is 21.3 Å². The molecule has 0 saturated carbocycles. The Hall–Kier alpha value is -1.18. The van der Waals surface area contributed by atoms with E-state index in [0.29, 0.717) is 5.92 Å². The first-order valence-electron chi connectivity index (χ1n) is 8.26. The molecule has 0 aliphatic carbocycles. The van der Waals surface area contributed by atoms with Crippen LogP contribution in [0.1, 0.15) is 32.3 Å². The van der Waals surface area contributed by atoms with Gasteiger partial charge in [0, 0.05) is 20.1 Å². The number of halogens is 1. The SMILES string of the molecule is CN=C(NCCCc1ccc(OC)c(OC)c1)NCCC(C)C.I. The first kappa shape index (κ1) is 22.8. The molecule has 0 unspecified atom stereocenters. The van der Waals surface area contributed by atoms with Gasteiger partial charge in [-0.25, -0.2) is 0 Å². The van der Waals surface area contributed by atoms with Gasteiger partial charge in [0.2, 0.25) is 0 Å². The number of nitrogens with one attached hydrogen (secondary N) is 2. The lowest BCUT2D eigenvalue weighted by Gasteiger charge is -2.13. The molecule has 1 aromatic rings. The van der Waals surface area contributed by atoms with Crippen LogP contribution in [0.15, 0.2) is 23.2 Å². The number of hydrogen-bond acceptors (Lipinski definition) is 3. The zero-order chi connectivity index (χ0) is 17.1. The normalized spacial score (nSPS) is 11.0. The maximum Gasteiger partial charge on any atom is 0.190 e. The zero-order valence-electron chi connectivity index (χ0n) is 15.5. The van der Waals surface area contributed by atoms with Crippen LogP contribution in [0.2, 0.25) is 0 Å². The van der Waals surface area contributed by atoms with E-state index in [1.165, 1.54) is 5.56 Å². The molecule has 0 spiro atoms. The van der Waals surface area contributed by atoms with Crippen LogP contribution in [0, 0.1) is 5.92 Å². The van der Waals surface area contributed by atoms with Gasteiger partial charge in [-0.1, -0.05) is 19.9 Å². The van der Waals surface area contributed by atoms with Crippen LogP contribution in [0.4, 0.5) is 0 Å². The molecule has 5 nitrogen and oxygen atoms in total. The lowest BCUT2D eigenvalue weighted by molar-refractivity contribution is 0.354. The lowest BCUT2D eigenvalue weighted by Crippen LogP contribution is -2.38. The Balaban J connectivity index is 0.00000529. The molecule has 0 saturated heterocycles. The van der Waals surface area contributed by atoms with Crippen LogP contribution in [0.3, 0.4) is 0 Å². The van der Waals surface area contributed by atoms with Gasteiger partial charge in [0.05, 0.1) is 14.2 Å². The van der Waals surface area contributed by atoms with E-state index < -0.39 is 0 Å². The van der Waals surface area contributed by atoms with E-state index in [4.69, 9.17) is 9.47 Å². The number of guanidine groups is 1. The fourth-order valence-electron chi connectivity index (χ4n) is 2.24. The lowest BCUT2D eigenvalue weighted by atomic mass is 10.1. The number of nitrogens with zero attached hydrogens (tertiary/aromatic N) is 1. The summed E-state index contributed by atoms with van der Waals surface area (Å²) in [5.41, 5.74) is 1.24. The van der Waals surface area contributed by atoms with Crippen molar-refractivity contribution in [3.05, 3.63) is 23.8 Å². The van der Waals surface area contributed by atoms with Gasteiger partial charge >= 0.3 is 0 Å². The first-order chi connectivity index (χ1) is 11.1. The highest BCUT2D eigenvalue weighted by molar-refractivity contribution is 14.0. The first-order valence-corrected chi connectivity index (χ1v) is 8.26. The Bertz CT molecular complexity index is 493. The third-order valence-corrected chi connectivity index (χ3v) is 3.62. The molecule has 6 heteroatoms. The number of benzene rings is 1. The van der Waals surface area contributed by atoms with Gasteiger partial charge in [0.25, 0.3) is 0 Å². The predicted molar refractivity (Wildman–Crippen MR) is 112 cm³/mol. The minimum Gasteiger partial charge on any atom is -0.493 e. The van der Waals surface area contributed by atoms with E-state index >= 15 is 0 Å². The standard InChI is InChI=1S/C18H31N3O2.HI/c1-14(2)10-12-21-18(19-3)20-11-6-7-15-8-9-16(22-4)17(13-15)23-5;/h8-9,13-14H,6-7,10-12H2,1-5H3,(H2,19,20,21);1H. The Morgan fingerprint density at radius 2 is 1.75 bits per heavy atom. The molecule has 2 N–H and O–H groups in total. The third-order valence-electron chi connectivity index (χ3n) is 3.62. The second-order valence-corrected chi connectivity index (χ2v) is 5.90. The summed E-state index contributed by atoms with van der Waals surface area (Å²) in [6.45, 7) is 6.28. The number of hydrogen-bond donors (Lipinski definition) is 2. The summed E-state index contributed by atoms with van der Waals surface area (Å²) in [5, 5.41) is 6.68. The van der Waals surface area contributed by atoms with Gasteiger partial charge in [-0.2, -0.15) is 0 Å². The van der Waals surface area contributed by atoms with Crippen molar-refractivity contribution in [2.75, 3.05) is 34.4 Å². The second-order valence-electron chi connectivity index (χ2n) is 5.90. The Morgan fingerprint density at radius 3 is 2.33 bits per heavy atom. The third kappa shape index (κ3) is 8.61. The summed E-state index contributed by atoms with van der Waals surface area (Å²) >= 11 is 0. The number of rotatable bonds is 9. The average Bonchev–Trinajstić information content (AvgIpc) is 2.56. The average molecular weight is 449 g/mol. The molecule has 138 valence electrons. The topological polar surface area (TPSA) is 54.9 Å². The van der Waals surface area contributed by atoms with Crippen LogP contribution in [-0.2, 0) is 6.42 Å². The Kier molecular flexibility index (Phi) is 12.5. The maximum atomic E-state index is 5.33. The molecule has 0 atom stereocenters. The van der Waals surface area contributed by atoms with Crippen molar-refractivity contribution in [3.8, 4) is 11.5 Å². The van der Waals surface area contributed by atoms with Crippen molar-refractivity contribution in [2.45, 2.75) is 33.1 Å². The summed E-state index contributed by atoms with van der Waals surface area (Å²) in [5.74, 6) is 3.12. The van der Waals surface area contributed by atoms with E-state index in [2.05, 4.69) is 35.5 Å². The van der Waals surface area contributed by atoms with Crippen molar-refractivity contribution >= 4 is 29.9 Å². The molecule has 0 bridgehead atoms. The molecule has 0 amide bonds. The van der Waals surface area contributed by atoms with Crippen molar-refractivity contribution in [1.29, 1.82) is 0 Å². The minimum atomic E-state index is 0. The predicted octanol–water partition coefficient (Wildman–Crippen LogP) is 3.47. The van der Waals surface area contributed by atoms with Crippen molar-refractivity contribution in [1.82, 2.24) is 10.6 Å². The fourth-order valence-corrected chi connectivity index (χ4v) is 2.24. The maximum absolute atomic E-state index is 5.33. The molecule has 0 aliphatic heterocycles. The summed E-state index contributed by atoms with van der Waals surface area (Å²) < 4.78 is 10.6. The smallest absolute Gasteiger partial charge is 0.190 e. The largest absolute Gasteiger partial charge is 0.493 e. The van der Waals surface area contributed by atoms with Crippen LogP contribution in [-0.4, -0.2) is 40.3 Å². The molecule has 0 heterocycles. The van der Waals surface area contributed by atoms with Crippen LogP contribution in [0.5, 0.6) is 11.5 Å². The quantitative estimate of drug-likeness (QED) is 0.263. The Morgan fingerprint density at radius 1 is 1.08 bits per heavy atom. The van der Waals surface area contributed by atoms with E-state index in [1.807, 2.05) is 12.1 Å². The van der Waals surface area contributed by atoms with E-state index in [9.17, 15) is 0 Å². The molecule has 0 aliphatic rings. The molecule has 0 aromatic heterocycles. The summed E-state index contributed by atoms with van der Waals surface area (Å²) in [6, 6.07) is 6.07. The molecular weight excluding hydrogens is 417 g/mol. The number of ether oxygens (including phenoxy) is 2. The van der Waals surface area contributed by atoms with Crippen molar-refractivity contribution in [2.24, 2.45) is 10.9 Å². The van der Waals surface area contributed by atoms with Gasteiger partial charge in [-0.05, 0) is 42.9 Å². The number of methoxy groups -OCH3 is 2. The molecule has 0 fully saturated rings. The van der Waals surface area contributed by atoms with Gasteiger partial charge in [-0.3, -0.25) is 4.99 Å². The highest BCUT2D eigenvalue weighted by atomic mass is 127. The molecule has 0 radical (unpaired) electrons. The highest BCUT2D eigenvalue weighted by Crippen LogP contribution is 2.27. The van der Waals surface area contributed by atoms with Crippen LogP contribution in [0.25, 0.3) is 0 Å². The highest BCUT2D eigenvalue weighted by Gasteiger charge is 2.04. The number of aryl methyl sites for hydroxylation is 1. The Labute approximate surface area is 163 Å². The second kappa shape index (κ2) is 13.1. The zero-order valence-corrected chi connectivity index (χ0v) is 17.8. The summed E-state index contributed by atoms with van der Waals surface area (Å²) in [6.07, 6.45) is 3.16. The van der Waals surface area contributed by atoms with Crippen LogP contribution < -0.4 is 20.1 Å². The van der Waals surface area contributed by atoms with Crippen molar-refractivity contribution in [3.63, 3.8) is 0 Å². The molecule has 24 heavy (non-hydrogen) atoms. The monoisotopic (exact) mass is 449 g/mol. The van der Waals surface area contributed by atoms with E-state index in [-0.39, 0.29) is 24.0 Å². The van der Waals surface area contributed by atoms with Gasteiger partial charge in [-0.15, -0.1) is 24.0 Å². The van der Waals surface area contributed by atoms with E-state index in [0.717, 1.165) is 49.8 Å². The van der Waals surface area contributed by atoms with Gasteiger partial charge in [0.15, 0.2) is 17.5 Å². The summed E-state index contributed by atoms with van der Waals surface area (Å²) in [7, 11) is 5.12. The fraction of sp³-hybridized carbons (Fsp3) is 0.611.